The van der Waals surface area contributed by atoms with E-state index >= 15 is 0 Å². The van der Waals surface area contributed by atoms with Crippen molar-refractivity contribution in [1.82, 2.24) is 0 Å². The van der Waals surface area contributed by atoms with Gasteiger partial charge in [0.1, 0.15) is 5.69 Å². The van der Waals surface area contributed by atoms with Crippen molar-refractivity contribution in [2.45, 2.75) is 26.0 Å². The summed E-state index contributed by atoms with van der Waals surface area (Å²) in [4.78, 5) is 11.2. The molecule has 0 radical (unpaired) electrons. The molecule has 2 aromatic rings. The molecule has 5 nitrogen and oxygen atoms in total. The molecule has 1 N–H and O–H groups in total. The van der Waals surface area contributed by atoms with Gasteiger partial charge in [0.25, 0.3) is 5.69 Å². The van der Waals surface area contributed by atoms with Gasteiger partial charge in [-0.05, 0) is 19.4 Å². The average Bonchev–Trinajstić information content (AvgIpc) is 2.45. The van der Waals surface area contributed by atoms with E-state index in [1.807, 2.05) is 6.07 Å². The standard InChI is InChI=1S/C17H18F2N2O3/c1-17(2,22)11-20(10-12-6-4-3-5-7-12)16-14(18)8-13(21(23)24)9-15(16)19/h3-9,22H,10-11H2,1-2H3. The van der Waals surface area contributed by atoms with Crippen LogP contribution in [0.25, 0.3) is 0 Å². The summed E-state index contributed by atoms with van der Waals surface area (Å²) in [6, 6.07) is 10.3. The molecule has 2 aromatic carbocycles. The van der Waals surface area contributed by atoms with Crippen LogP contribution in [0.2, 0.25) is 0 Å². The number of hydrogen-bond acceptors (Lipinski definition) is 4. The maximum absolute atomic E-state index is 14.3. The van der Waals surface area contributed by atoms with Crippen molar-refractivity contribution in [3.63, 3.8) is 0 Å². The zero-order chi connectivity index (χ0) is 17.9. The van der Waals surface area contributed by atoms with Crippen molar-refractivity contribution in [2.24, 2.45) is 0 Å². The Balaban J connectivity index is 2.45. The summed E-state index contributed by atoms with van der Waals surface area (Å²) in [6.45, 7) is 3.14. The number of rotatable bonds is 6. The predicted octanol–water partition coefficient (Wildman–Crippen LogP) is 3.65. The van der Waals surface area contributed by atoms with Gasteiger partial charge in [0.05, 0.1) is 22.7 Å². The molecular formula is C17H18F2N2O3. The predicted molar refractivity (Wildman–Crippen MR) is 86.8 cm³/mol. The number of aliphatic hydroxyl groups is 1. The molecule has 0 heterocycles. The number of hydrogen-bond donors (Lipinski definition) is 1. The van der Waals surface area contributed by atoms with E-state index in [2.05, 4.69) is 0 Å². The number of nitrogens with zero attached hydrogens (tertiary/aromatic N) is 2. The van der Waals surface area contributed by atoms with Gasteiger partial charge in [-0.15, -0.1) is 0 Å². The Labute approximate surface area is 138 Å². The highest BCUT2D eigenvalue weighted by Gasteiger charge is 2.26. The Bertz CT molecular complexity index is 707. The minimum Gasteiger partial charge on any atom is -0.389 e. The zero-order valence-corrected chi connectivity index (χ0v) is 13.4. The molecule has 0 amide bonds. The van der Waals surface area contributed by atoms with Crippen LogP contribution in [0, 0.1) is 21.7 Å². The van der Waals surface area contributed by atoms with Gasteiger partial charge < -0.3 is 10.0 Å². The van der Waals surface area contributed by atoms with E-state index in [9.17, 15) is 24.0 Å². The Morgan fingerprint density at radius 3 is 2.17 bits per heavy atom. The largest absolute Gasteiger partial charge is 0.389 e. The SMILES string of the molecule is CC(C)(O)CN(Cc1ccccc1)c1c(F)cc([N+](=O)[O-])cc1F. The summed E-state index contributed by atoms with van der Waals surface area (Å²) in [5.74, 6) is -2.08. The minimum atomic E-state index is -1.21. The third-order valence-corrected chi connectivity index (χ3v) is 3.32. The van der Waals surface area contributed by atoms with Gasteiger partial charge in [-0.3, -0.25) is 10.1 Å². The van der Waals surface area contributed by atoms with Crippen LogP contribution in [0.15, 0.2) is 42.5 Å². The Morgan fingerprint density at radius 2 is 1.71 bits per heavy atom. The third-order valence-electron chi connectivity index (χ3n) is 3.32. The molecule has 0 saturated heterocycles. The number of non-ortho nitro benzene ring substituents is 1. The van der Waals surface area contributed by atoms with Crippen LogP contribution >= 0.6 is 0 Å². The second-order valence-electron chi connectivity index (χ2n) is 6.17. The number of anilines is 1. The topological polar surface area (TPSA) is 66.6 Å². The summed E-state index contributed by atoms with van der Waals surface area (Å²) in [5, 5.41) is 20.8. The van der Waals surface area contributed by atoms with Gasteiger partial charge in [0.2, 0.25) is 0 Å². The lowest BCUT2D eigenvalue weighted by atomic mass is 10.1. The van der Waals surface area contributed by atoms with E-state index in [1.165, 1.54) is 18.7 Å². The van der Waals surface area contributed by atoms with E-state index in [0.29, 0.717) is 12.1 Å². The maximum atomic E-state index is 14.3. The van der Waals surface area contributed by atoms with E-state index in [4.69, 9.17) is 0 Å². The first-order chi connectivity index (χ1) is 11.2. The molecule has 24 heavy (non-hydrogen) atoms. The van der Waals surface area contributed by atoms with Crippen LogP contribution in [0.3, 0.4) is 0 Å². The van der Waals surface area contributed by atoms with Crippen LogP contribution < -0.4 is 4.90 Å². The normalized spacial score (nSPS) is 11.4. The Kier molecular flexibility index (Phi) is 5.14. The fourth-order valence-electron chi connectivity index (χ4n) is 2.44. The van der Waals surface area contributed by atoms with Crippen LogP contribution in [-0.4, -0.2) is 22.2 Å². The number of nitro benzene ring substituents is 1. The summed E-state index contributed by atoms with van der Waals surface area (Å²) >= 11 is 0. The fourth-order valence-corrected chi connectivity index (χ4v) is 2.44. The molecule has 0 fully saturated rings. The molecule has 2 rings (SSSR count). The van der Waals surface area contributed by atoms with Gasteiger partial charge >= 0.3 is 0 Å². The first kappa shape index (κ1) is 17.8. The van der Waals surface area contributed by atoms with E-state index in [0.717, 1.165) is 5.56 Å². The molecule has 0 aliphatic heterocycles. The van der Waals surface area contributed by atoms with E-state index < -0.39 is 33.5 Å². The number of nitro groups is 1. The first-order valence-electron chi connectivity index (χ1n) is 7.32. The summed E-state index contributed by atoms with van der Waals surface area (Å²) in [7, 11) is 0. The van der Waals surface area contributed by atoms with Crippen molar-refractivity contribution in [3.8, 4) is 0 Å². The molecule has 0 aromatic heterocycles. The Morgan fingerprint density at radius 1 is 1.17 bits per heavy atom. The summed E-state index contributed by atoms with van der Waals surface area (Å²) < 4.78 is 28.7. The average molecular weight is 336 g/mol. The smallest absolute Gasteiger partial charge is 0.275 e. The zero-order valence-electron chi connectivity index (χ0n) is 13.4. The lowest BCUT2D eigenvalue weighted by molar-refractivity contribution is -0.385. The van der Waals surface area contributed by atoms with E-state index in [1.54, 1.807) is 24.3 Å². The minimum absolute atomic E-state index is 0.0481. The van der Waals surface area contributed by atoms with E-state index in [-0.39, 0.29) is 13.1 Å². The third kappa shape index (κ3) is 4.48. The number of halogens is 2. The highest BCUT2D eigenvalue weighted by molar-refractivity contribution is 5.54. The van der Waals surface area contributed by atoms with Gasteiger partial charge in [-0.1, -0.05) is 30.3 Å². The second kappa shape index (κ2) is 6.92. The van der Waals surface area contributed by atoms with Crippen molar-refractivity contribution < 1.29 is 18.8 Å². The molecule has 128 valence electrons. The van der Waals surface area contributed by atoms with Crippen LogP contribution in [0.5, 0.6) is 0 Å². The van der Waals surface area contributed by atoms with Gasteiger partial charge in [-0.25, -0.2) is 8.78 Å². The van der Waals surface area contributed by atoms with Gasteiger partial charge in [0.15, 0.2) is 11.6 Å². The highest BCUT2D eigenvalue weighted by Crippen LogP contribution is 2.30. The molecule has 7 heteroatoms. The number of benzene rings is 2. The Hall–Kier alpha value is -2.54. The molecule has 0 unspecified atom stereocenters. The van der Waals surface area contributed by atoms with Crippen LogP contribution in [-0.2, 0) is 6.54 Å². The van der Waals surface area contributed by atoms with Gasteiger partial charge in [0, 0.05) is 13.1 Å². The molecule has 0 saturated carbocycles. The van der Waals surface area contributed by atoms with Gasteiger partial charge in [-0.2, -0.15) is 0 Å². The summed E-state index contributed by atoms with van der Waals surface area (Å²) in [5.41, 5.74) is -1.47. The second-order valence-corrected chi connectivity index (χ2v) is 6.17. The molecule has 0 spiro atoms. The van der Waals surface area contributed by atoms with Crippen LogP contribution in [0.4, 0.5) is 20.2 Å². The molecule has 0 aliphatic carbocycles. The molecule has 0 atom stereocenters. The molecule has 0 bridgehead atoms. The van der Waals surface area contributed by atoms with Crippen molar-refractivity contribution >= 4 is 11.4 Å². The molecular weight excluding hydrogens is 318 g/mol. The monoisotopic (exact) mass is 336 g/mol. The molecule has 0 aliphatic rings. The van der Waals surface area contributed by atoms with Crippen molar-refractivity contribution in [1.29, 1.82) is 0 Å². The van der Waals surface area contributed by atoms with Crippen LogP contribution in [0.1, 0.15) is 19.4 Å². The van der Waals surface area contributed by atoms with Crippen molar-refractivity contribution in [3.05, 3.63) is 69.8 Å². The summed E-state index contributed by atoms with van der Waals surface area (Å²) in [6.07, 6.45) is 0. The lowest BCUT2D eigenvalue weighted by Gasteiger charge is -2.31. The quantitative estimate of drug-likeness (QED) is 0.646. The first-order valence-corrected chi connectivity index (χ1v) is 7.32. The maximum Gasteiger partial charge on any atom is 0.275 e. The highest BCUT2D eigenvalue weighted by atomic mass is 19.1. The fraction of sp³-hybridized carbons (Fsp3) is 0.294. The lowest BCUT2D eigenvalue weighted by Crippen LogP contribution is -2.39. The van der Waals surface area contributed by atoms with Crippen molar-refractivity contribution in [2.75, 3.05) is 11.4 Å².